The number of aromatic nitrogens is 2. The van der Waals surface area contributed by atoms with Gasteiger partial charge < -0.3 is 14.8 Å². The van der Waals surface area contributed by atoms with E-state index < -0.39 is 6.04 Å². The van der Waals surface area contributed by atoms with Crippen LogP contribution in [-0.4, -0.2) is 29.7 Å². The first-order chi connectivity index (χ1) is 18.0. The Bertz CT molecular complexity index is 1670. The summed E-state index contributed by atoms with van der Waals surface area (Å²) in [5.74, 6) is 0.739. The molecular formula is C28H24N4O4S. The van der Waals surface area contributed by atoms with Gasteiger partial charge in [0.1, 0.15) is 17.5 Å². The van der Waals surface area contributed by atoms with E-state index in [1.165, 1.54) is 11.3 Å². The molecule has 186 valence electrons. The van der Waals surface area contributed by atoms with Crippen molar-refractivity contribution in [2.24, 2.45) is 4.99 Å². The van der Waals surface area contributed by atoms with Gasteiger partial charge in [-0.05, 0) is 48.9 Å². The van der Waals surface area contributed by atoms with E-state index in [9.17, 15) is 9.59 Å². The van der Waals surface area contributed by atoms with E-state index >= 15 is 0 Å². The van der Waals surface area contributed by atoms with Crippen LogP contribution in [0, 0.1) is 0 Å². The van der Waals surface area contributed by atoms with E-state index in [0.29, 0.717) is 43.4 Å². The first-order valence-electron chi connectivity index (χ1n) is 11.5. The molecule has 5 rings (SSSR count). The third-order valence-corrected chi connectivity index (χ3v) is 7.00. The highest BCUT2D eigenvalue weighted by molar-refractivity contribution is 7.07. The molecule has 1 amide bonds. The van der Waals surface area contributed by atoms with Crippen LogP contribution < -0.4 is 29.7 Å². The van der Waals surface area contributed by atoms with Gasteiger partial charge in [-0.25, -0.2) is 4.99 Å². The maximum Gasteiger partial charge on any atom is 0.271 e. The number of hydrogen-bond donors (Lipinski definition) is 1. The Morgan fingerprint density at radius 2 is 1.89 bits per heavy atom. The fraction of sp³-hybridized carbons (Fsp3) is 0.143. The van der Waals surface area contributed by atoms with E-state index in [0.717, 1.165) is 5.56 Å². The molecule has 0 saturated heterocycles. The van der Waals surface area contributed by atoms with Crippen LogP contribution in [0.1, 0.15) is 24.1 Å². The summed E-state index contributed by atoms with van der Waals surface area (Å²) in [6, 6.07) is 17.4. The van der Waals surface area contributed by atoms with Gasteiger partial charge in [0.2, 0.25) is 0 Å². The molecule has 1 atom stereocenters. The monoisotopic (exact) mass is 512 g/mol. The van der Waals surface area contributed by atoms with Gasteiger partial charge in [-0.3, -0.25) is 19.1 Å². The zero-order valence-corrected chi connectivity index (χ0v) is 21.3. The standard InChI is InChI=1S/C28H24N4O4S/c1-17-24(26(33)31-19-9-5-4-6-10-19)25(21-12-11-20(35-2)15-22(21)36-3)32-27(34)23(37-28(32)30-17)14-18-8-7-13-29-16-18/h4-16,25H,1-3H3,(H,31,33)/b23-14-/t25-/m0/s1. The average molecular weight is 513 g/mol. The average Bonchev–Trinajstić information content (AvgIpc) is 3.22. The van der Waals surface area contributed by atoms with Crippen molar-refractivity contribution in [1.82, 2.24) is 9.55 Å². The zero-order chi connectivity index (χ0) is 25.9. The smallest absolute Gasteiger partial charge is 0.271 e. The molecule has 2 aromatic heterocycles. The van der Waals surface area contributed by atoms with Gasteiger partial charge in [-0.2, -0.15) is 0 Å². The SMILES string of the molecule is COc1ccc([C@H]2C(C(=O)Nc3ccccc3)=C(C)N=c3s/c(=C\c4cccnc4)c(=O)n32)c(OC)c1. The van der Waals surface area contributed by atoms with Crippen molar-refractivity contribution in [2.75, 3.05) is 19.5 Å². The van der Waals surface area contributed by atoms with E-state index in [4.69, 9.17) is 9.47 Å². The third kappa shape index (κ3) is 4.68. The number of nitrogens with one attached hydrogen (secondary N) is 1. The number of methoxy groups -OCH3 is 2. The zero-order valence-electron chi connectivity index (χ0n) is 20.5. The number of hydrogen-bond acceptors (Lipinski definition) is 7. The molecule has 0 saturated carbocycles. The molecule has 0 spiro atoms. The second-order valence-corrected chi connectivity index (χ2v) is 9.31. The second kappa shape index (κ2) is 10.2. The second-order valence-electron chi connectivity index (χ2n) is 8.30. The highest BCUT2D eigenvalue weighted by Crippen LogP contribution is 2.37. The lowest BCUT2D eigenvalue weighted by molar-refractivity contribution is -0.113. The molecule has 0 aliphatic carbocycles. The van der Waals surface area contributed by atoms with Crippen LogP contribution in [0.25, 0.3) is 6.08 Å². The quantitative estimate of drug-likeness (QED) is 0.428. The minimum atomic E-state index is -0.767. The van der Waals surface area contributed by atoms with Gasteiger partial charge in [0.25, 0.3) is 11.5 Å². The summed E-state index contributed by atoms with van der Waals surface area (Å²) in [4.78, 5) is 36.8. The van der Waals surface area contributed by atoms with E-state index in [1.54, 1.807) is 68.4 Å². The summed E-state index contributed by atoms with van der Waals surface area (Å²) in [5, 5.41) is 2.95. The summed E-state index contributed by atoms with van der Waals surface area (Å²) in [7, 11) is 3.11. The van der Waals surface area contributed by atoms with Crippen LogP contribution in [0.5, 0.6) is 11.5 Å². The molecule has 4 aromatic rings. The van der Waals surface area contributed by atoms with E-state index in [-0.39, 0.29) is 11.5 Å². The van der Waals surface area contributed by atoms with Crippen molar-refractivity contribution in [3.63, 3.8) is 0 Å². The Hall–Kier alpha value is -4.50. The highest BCUT2D eigenvalue weighted by atomic mass is 32.1. The number of ether oxygens (including phenoxy) is 2. The van der Waals surface area contributed by atoms with Gasteiger partial charge in [-0.1, -0.05) is 35.6 Å². The number of carbonyl (C=O) groups is 1. The Labute approximate surface area is 216 Å². The lowest BCUT2D eigenvalue weighted by Crippen LogP contribution is -2.40. The number of anilines is 1. The van der Waals surface area contributed by atoms with Gasteiger partial charge in [0.05, 0.1) is 30.0 Å². The molecule has 1 N–H and O–H groups in total. The topological polar surface area (TPSA) is 94.8 Å². The summed E-state index contributed by atoms with van der Waals surface area (Å²) in [6.07, 6.45) is 5.14. The van der Waals surface area contributed by atoms with Crippen molar-refractivity contribution in [3.8, 4) is 11.5 Å². The fourth-order valence-electron chi connectivity index (χ4n) is 4.28. The molecule has 9 heteroatoms. The maximum absolute atomic E-state index is 13.8. The minimum Gasteiger partial charge on any atom is -0.497 e. The Morgan fingerprint density at radius 1 is 1.08 bits per heavy atom. The Balaban J connectivity index is 1.72. The summed E-state index contributed by atoms with van der Waals surface area (Å²) in [6.45, 7) is 1.78. The molecule has 0 unspecified atom stereocenters. The molecule has 0 fully saturated rings. The number of nitrogens with zero attached hydrogens (tertiary/aromatic N) is 3. The predicted molar refractivity (Wildman–Crippen MR) is 143 cm³/mol. The van der Waals surface area contributed by atoms with Crippen LogP contribution >= 0.6 is 11.3 Å². The Kier molecular flexibility index (Phi) is 6.70. The minimum absolute atomic E-state index is 0.256. The van der Waals surface area contributed by atoms with E-state index in [1.807, 2.05) is 36.4 Å². The number of carbonyl (C=O) groups excluding carboxylic acids is 1. The summed E-state index contributed by atoms with van der Waals surface area (Å²) >= 11 is 1.27. The molecule has 0 bridgehead atoms. The van der Waals surface area contributed by atoms with E-state index in [2.05, 4.69) is 15.3 Å². The van der Waals surface area contributed by atoms with Gasteiger partial charge >= 0.3 is 0 Å². The van der Waals surface area contributed by atoms with Crippen LogP contribution in [0.2, 0.25) is 0 Å². The molecule has 37 heavy (non-hydrogen) atoms. The van der Waals surface area contributed by atoms with Crippen LogP contribution in [0.15, 0.2) is 94.1 Å². The molecular weight excluding hydrogens is 488 g/mol. The lowest BCUT2D eigenvalue weighted by Gasteiger charge is -2.26. The number of amides is 1. The molecule has 3 heterocycles. The van der Waals surface area contributed by atoms with Crippen molar-refractivity contribution in [3.05, 3.63) is 115 Å². The molecule has 2 aromatic carbocycles. The summed E-state index contributed by atoms with van der Waals surface area (Å²) < 4.78 is 13.1. The van der Waals surface area contributed by atoms with Gasteiger partial charge in [0.15, 0.2) is 4.80 Å². The fourth-order valence-corrected chi connectivity index (χ4v) is 5.33. The maximum atomic E-state index is 13.8. The van der Waals surface area contributed by atoms with Crippen LogP contribution in [-0.2, 0) is 4.79 Å². The number of pyridine rings is 1. The number of allylic oxidation sites excluding steroid dienone is 1. The van der Waals surface area contributed by atoms with Crippen LogP contribution in [0.4, 0.5) is 5.69 Å². The first kappa shape index (κ1) is 24.2. The lowest BCUT2D eigenvalue weighted by atomic mass is 9.94. The van der Waals surface area contributed by atoms with Crippen molar-refractivity contribution >= 4 is 29.0 Å². The van der Waals surface area contributed by atoms with Crippen molar-refractivity contribution < 1.29 is 14.3 Å². The first-order valence-corrected chi connectivity index (χ1v) is 12.3. The highest BCUT2D eigenvalue weighted by Gasteiger charge is 2.34. The Morgan fingerprint density at radius 3 is 2.59 bits per heavy atom. The number of rotatable bonds is 6. The van der Waals surface area contributed by atoms with Crippen LogP contribution in [0.3, 0.4) is 0 Å². The number of para-hydroxylation sites is 1. The largest absolute Gasteiger partial charge is 0.497 e. The van der Waals surface area contributed by atoms with Gasteiger partial charge in [0, 0.05) is 29.7 Å². The molecule has 1 aliphatic rings. The number of thiazole rings is 1. The third-order valence-electron chi connectivity index (χ3n) is 6.02. The summed E-state index contributed by atoms with van der Waals surface area (Å²) in [5.41, 5.74) is 2.70. The molecule has 1 aliphatic heterocycles. The van der Waals surface area contributed by atoms with Crippen molar-refractivity contribution in [1.29, 1.82) is 0 Å². The number of benzene rings is 2. The molecule has 0 radical (unpaired) electrons. The van der Waals surface area contributed by atoms with Crippen molar-refractivity contribution in [2.45, 2.75) is 13.0 Å². The normalized spacial score (nSPS) is 15.1. The number of fused-ring (bicyclic) bond motifs is 1. The van der Waals surface area contributed by atoms with Gasteiger partial charge in [-0.15, -0.1) is 0 Å². The molecule has 8 nitrogen and oxygen atoms in total. The predicted octanol–water partition coefficient (Wildman–Crippen LogP) is 3.29.